The van der Waals surface area contributed by atoms with Gasteiger partial charge in [-0.2, -0.15) is 0 Å². The molecule has 1 saturated carbocycles. The summed E-state index contributed by atoms with van der Waals surface area (Å²) < 4.78 is 0. The van der Waals surface area contributed by atoms with Crippen LogP contribution in [-0.4, -0.2) is 17.3 Å². The lowest BCUT2D eigenvalue weighted by atomic mass is 9.86. The summed E-state index contributed by atoms with van der Waals surface area (Å²) in [5.41, 5.74) is 0. The van der Waals surface area contributed by atoms with Gasteiger partial charge in [-0.25, -0.2) is 0 Å². The minimum atomic E-state index is -0.318. The Labute approximate surface area is 96.6 Å². The van der Waals surface area contributed by atoms with E-state index in [4.69, 9.17) is 0 Å². The van der Waals surface area contributed by atoms with Crippen molar-refractivity contribution in [1.82, 2.24) is 0 Å². The van der Waals surface area contributed by atoms with Crippen molar-refractivity contribution in [3.05, 3.63) is 0 Å². The first-order valence-electron chi connectivity index (χ1n) is 6.11. The second-order valence-electron chi connectivity index (χ2n) is 4.72. The SMILES string of the molecule is CCCCCC1C(=O)CC(=O)C1CC(C)=O. The Morgan fingerprint density at radius 3 is 2.38 bits per heavy atom. The molecule has 0 spiro atoms. The molecule has 1 fully saturated rings. The van der Waals surface area contributed by atoms with Gasteiger partial charge in [0.1, 0.15) is 17.3 Å². The van der Waals surface area contributed by atoms with E-state index in [0.29, 0.717) is 0 Å². The van der Waals surface area contributed by atoms with Gasteiger partial charge < -0.3 is 4.79 Å². The van der Waals surface area contributed by atoms with E-state index in [1.54, 1.807) is 0 Å². The van der Waals surface area contributed by atoms with Crippen LogP contribution in [0.2, 0.25) is 0 Å². The highest BCUT2D eigenvalue weighted by molar-refractivity contribution is 6.09. The molecule has 3 heteroatoms. The van der Waals surface area contributed by atoms with Crippen molar-refractivity contribution in [2.75, 3.05) is 0 Å². The summed E-state index contributed by atoms with van der Waals surface area (Å²) in [5.74, 6) is -0.465. The molecule has 1 aliphatic carbocycles. The smallest absolute Gasteiger partial charge is 0.144 e. The molecule has 0 heterocycles. The van der Waals surface area contributed by atoms with Gasteiger partial charge in [0, 0.05) is 18.3 Å². The lowest BCUT2D eigenvalue weighted by molar-refractivity contribution is -0.126. The Balaban J connectivity index is 2.58. The van der Waals surface area contributed by atoms with Gasteiger partial charge in [0.15, 0.2) is 0 Å². The first-order chi connectivity index (χ1) is 7.56. The third-order valence-electron chi connectivity index (χ3n) is 3.29. The maximum absolute atomic E-state index is 11.6. The summed E-state index contributed by atoms with van der Waals surface area (Å²) in [4.78, 5) is 34.3. The highest BCUT2D eigenvalue weighted by Crippen LogP contribution is 2.32. The number of ketones is 3. The number of rotatable bonds is 6. The number of Topliss-reactive ketones (excluding diaryl/α,β-unsaturated/α-hetero) is 3. The number of hydrogen-bond acceptors (Lipinski definition) is 3. The van der Waals surface area contributed by atoms with E-state index in [0.717, 1.165) is 25.7 Å². The topological polar surface area (TPSA) is 51.2 Å². The summed E-state index contributed by atoms with van der Waals surface area (Å²) >= 11 is 0. The number of hydrogen-bond donors (Lipinski definition) is 0. The zero-order chi connectivity index (χ0) is 12.1. The average molecular weight is 224 g/mol. The quantitative estimate of drug-likeness (QED) is 0.514. The van der Waals surface area contributed by atoms with Crippen LogP contribution in [0.1, 0.15) is 52.4 Å². The van der Waals surface area contributed by atoms with Crippen LogP contribution in [0.4, 0.5) is 0 Å². The first-order valence-corrected chi connectivity index (χ1v) is 6.11. The fraction of sp³-hybridized carbons (Fsp3) is 0.769. The van der Waals surface area contributed by atoms with Crippen LogP contribution in [0, 0.1) is 11.8 Å². The van der Waals surface area contributed by atoms with Crippen molar-refractivity contribution in [3.63, 3.8) is 0 Å². The summed E-state index contributed by atoms with van der Waals surface area (Å²) in [7, 11) is 0. The van der Waals surface area contributed by atoms with Crippen LogP contribution in [-0.2, 0) is 14.4 Å². The predicted octanol–water partition coefficient (Wildman–Crippen LogP) is 2.32. The van der Waals surface area contributed by atoms with Gasteiger partial charge in [0.05, 0.1) is 6.42 Å². The van der Waals surface area contributed by atoms with E-state index in [-0.39, 0.29) is 42.0 Å². The van der Waals surface area contributed by atoms with Crippen molar-refractivity contribution in [2.45, 2.75) is 52.4 Å². The molecule has 0 aromatic rings. The molecule has 0 aromatic heterocycles. The lowest BCUT2D eigenvalue weighted by Gasteiger charge is -2.15. The fourth-order valence-electron chi connectivity index (χ4n) is 2.42. The Hall–Kier alpha value is -0.990. The molecule has 16 heavy (non-hydrogen) atoms. The molecular formula is C13H20O3. The Morgan fingerprint density at radius 2 is 1.81 bits per heavy atom. The summed E-state index contributed by atoms with van der Waals surface area (Å²) in [6.45, 7) is 3.59. The van der Waals surface area contributed by atoms with Gasteiger partial charge in [-0.1, -0.05) is 26.2 Å². The number of carbonyl (C=O) groups excluding carboxylic acids is 3. The van der Waals surface area contributed by atoms with Crippen molar-refractivity contribution in [3.8, 4) is 0 Å². The highest BCUT2D eigenvalue weighted by Gasteiger charge is 2.40. The van der Waals surface area contributed by atoms with E-state index in [9.17, 15) is 14.4 Å². The molecule has 0 aromatic carbocycles. The molecular weight excluding hydrogens is 204 g/mol. The zero-order valence-electron chi connectivity index (χ0n) is 10.1. The number of unbranched alkanes of at least 4 members (excludes halogenated alkanes) is 2. The molecule has 0 saturated heterocycles. The fourth-order valence-corrected chi connectivity index (χ4v) is 2.42. The second-order valence-corrected chi connectivity index (χ2v) is 4.72. The standard InChI is InChI=1S/C13H20O3/c1-3-4-5-6-10-11(7-9(2)14)13(16)8-12(10)15/h10-11H,3-8H2,1-2H3. The Bertz CT molecular complexity index is 294. The molecule has 2 unspecified atom stereocenters. The largest absolute Gasteiger partial charge is 0.300 e. The molecule has 90 valence electrons. The molecule has 3 nitrogen and oxygen atoms in total. The van der Waals surface area contributed by atoms with Crippen molar-refractivity contribution >= 4 is 17.3 Å². The predicted molar refractivity (Wildman–Crippen MR) is 61.1 cm³/mol. The van der Waals surface area contributed by atoms with Gasteiger partial charge in [-0.05, 0) is 13.3 Å². The van der Waals surface area contributed by atoms with Gasteiger partial charge in [0.25, 0.3) is 0 Å². The van der Waals surface area contributed by atoms with Crippen molar-refractivity contribution < 1.29 is 14.4 Å². The molecule has 1 rings (SSSR count). The van der Waals surface area contributed by atoms with E-state index < -0.39 is 0 Å². The Morgan fingerprint density at radius 1 is 1.19 bits per heavy atom. The van der Waals surface area contributed by atoms with E-state index in [1.165, 1.54) is 6.92 Å². The van der Waals surface area contributed by atoms with Crippen molar-refractivity contribution in [1.29, 1.82) is 0 Å². The summed E-state index contributed by atoms with van der Waals surface area (Å²) in [6, 6.07) is 0. The maximum Gasteiger partial charge on any atom is 0.144 e. The highest BCUT2D eigenvalue weighted by atomic mass is 16.2. The molecule has 0 aliphatic heterocycles. The molecule has 0 amide bonds. The third kappa shape index (κ3) is 3.26. The van der Waals surface area contributed by atoms with E-state index in [2.05, 4.69) is 6.92 Å². The van der Waals surface area contributed by atoms with Gasteiger partial charge in [0.2, 0.25) is 0 Å². The molecule has 0 bridgehead atoms. The van der Waals surface area contributed by atoms with Crippen LogP contribution in [0.25, 0.3) is 0 Å². The first kappa shape index (κ1) is 13.1. The van der Waals surface area contributed by atoms with Crippen molar-refractivity contribution in [2.24, 2.45) is 11.8 Å². The minimum absolute atomic E-state index is 0.00791. The normalized spacial score (nSPS) is 25.1. The minimum Gasteiger partial charge on any atom is -0.300 e. The van der Waals surface area contributed by atoms with Gasteiger partial charge >= 0.3 is 0 Å². The van der Waals surface area contributed by atoms with Gasteiger partial charge in [-0.3, -0.25) is 9.59 Å². The molecule has 2 atom stereocenters. The maximum atomic E-state index is 11.6. The van der Waals surface area contributed by atoms with Crippen LogP contribution in [0.15, 0.2) is 0 Å². The Kier molecular flexibility index (Phi) is 4.84. The van der Waals surface area contributed by atoms with Crippen LogP contribution >= 0.6 is 0 Å². The average Bonchev–Trinajstić information content (AvgIpc) is 2.44. The van der Waals surface area contributed by atoms with Gasteiger partial charge in [-0.15, -0.1) is 0 Å². The van der Waals surface area contributed by atoms with Crippen LogP contribution in [0.5, 0.6) is 0 Å². The zero-order valence-corrected chi connectivity index (χ0v) is 10.1. The summed E-state index contributed by atoms with van der Waals surface area (Å²) in [6.07, 6.45) is 4.25. The lowest BCUT2D eigenvalue weighted by Crippen LogP contribution is -2.20. The monoisotopic (exact) mass is 224 g/mol. The molecule has 1 aliphatic rings. The molecule has 0 radical (unpaired) electrons. The third-order valence-corrected chi connectivity index (χ3v) is 3.29. The van der Waals surface area contributed by atoms with Crippen LogP contribution < -0.4 is 0 Å². The van der Waals surface area contributed by atoms with E-state index in [1.807, 2.05) is 0 Å². The summed E-state index contributed by atoms with van der Waals surface area (Å²) in [5, 5.41) is 0. The molecule has 0 N–H and O–H groups in total. The van der Waals surface area contributed by atoms with Crippen LogP contribution in [0.3, 0.4) is 0 Å². The van der Waals surface area contributed by atoms with E-state index >= 15 is 0 Å². The number of carbonyl (C=O) groups is 3. The second kappa shape index (κ2) is 5.92.